The smallest absolute Gasteiger partial charge is 0.442 e. The van der Waals surface area contributed by atoms with E-state index in [1.807, 2.05) is 0 Å². The molecule has 1 aromatic carbocycles. The number of methoxy groups -OCH3 is 1. The lowest BCUT2D eigenvalue weighted by Crippen LogP contribution is -2.32. The molecule has 10 heteroatoms. The highest BCUT2D eigenvalue weighted by Crippen LogP contribution is 2.53. The normalized spacial score (nSPS) is 16.7. The zero-order valence-corrected chi connectivity index (χ0v) is 11.8. The molecule has 0 spiro atoms. The van der Waals surface area contributed by atoms with E-state index < -0.39 is 36.1 Å². The Bertz CT molecular complexity index is 682. The lowest BCUT2D eigenvalue weighted by molar-refractivity contribution is -0.166. The number of carbonyl (C=O) groups excluding carboxylic acids is 1. The predicted octanol–water partition coefficient (Wildman–Crippen LogP) is 1.86. The molecule has 3 N–H and O–H groups in total. The van der Waals surface area contributed by atoms with Gasteiger partial charge in [-0.3, -0.25) is 9.59 Å². The van der Waals surface area contributed by atoms with E-state index in [9.17, 15) is 22.8 Å². The van der Waals surface area contributed by atoms with Gasteiger partial charge in [-0.15, -0.1) is 10.2 Å². The monoisotopic (exact) mass is 331 g/mol. The zero-order valence-electron chi connectivity index (χ0n) is 11.8. The molecule has 0 aromatic heterocycles. The number of carboxylic acid groups (broad SMARTS) is 1. The van der Waals surface area contributed by atoms with E-state index in [2.05, 4.69) is 10.2 Å². The number of rotatable bonds is 6. The molecule has 0 fully saturated rings. The molecule has 0 saturated heterocycles. The van der Waals surface area contributed by atoms with Crippen molar-refractivity contribution in [2.75, 3.05) is 7.11 Å². The molecular weight excluding hydrogens is 319 g/mol. The van der Waals surface area contributed by atoms with Gasteiger partial charge < -0.3 is 15.6 Å². The van der Waals surface area contributed by atoms with Gasteiger partial charge in [-0.2, -0.15) is 13.2 Å². The molecule has 1 heterocycles. The number of ketones is 1. The summed E-state index contributed by atoms with van der Waals surface area (Å²) in [6, 6.07) is 1.76. The van der Waals surface area contributed by atoms with Crippen molar-refractivity contribution in [3.8, 4) is 5.75 Å². The highest BCUT2D eigenvalue weighted by molar-refractivity contribution is 6.01. The van der Waals surface area contributed by atoms with Crippen LogP contribution in [0.3, 0.4) is 0 Å². The van der Waals surface area contributed by atoms with E-state index >= 15 is 0 Å². The Morgan fingerprint density at radius 1 is 1.39 bits per heavy atom. The van der Waals surface area contributed by atoms with Gasteiger partial charge in [-0.1, -0.05) is 6.07 Å². The standard InChI is InChI=1S/C13H12F3N3O4/c1-23-10-4-6(12(18-19-12)13(14,15)16)2-3-7(10)9(20)5-8(17)11(21)22/h2-4,8H,5,17H2,1H3,(H,21,22)/t8-/m0/s1. The van der Waals surface area contributed by atoms with E-state index in [0.29, 0.717) is 0 Å². The van der Waals surface area contributed by atoms with Crippen LogP contribution in [0.1, 0.15) is 22.3 Å². The third-order valence-corrected chi connectivity index (χ3v) is 3.32. The first kappa shape index (κ1) is 16.9. The quantitative estimate of drug-likeness (QED) is 0.772. The average molecular weight is 331 g/mol. The van der Waals surface area contributed by atoms with E-state index in [1.165, 1.54) is 7.11 Å². The van der Waals surface area contributed by atoms with Crippen molar-refractivity contribution in [1.82, 2.24) is 0 Å². The van der Waals surface area contributed by atoms with Crippen LogP contribution in [0.15, 0.2) is 28.4 Å². The van der Waals surface area contributed by atoms with Gasteiger partial charge in [0, 0.05) is 12.0 Å². The fourth-order valence-corrected chi connectivity index (χ4v) is 1.98. The molecule has 0 amide bonds. The molecule has 0 saturated carbocycles. The molecule has 1 aliphatic rings. The van der Waals surface area contributed by atoms with Gasteiger partial charge >= 0.3 is 17.8 Å². The van der Waals surface area contributed by atoms with Gasteiger partial charge in [0.25, 0.3) is 0 Å². The number of aliphatic carboxylic acids is 1. The van der Waals surface area contributed by atoms with Crippen molar-refractivity contribution < 1.29 is 32.6 Å². The molecule has 2 rings (SSSR count). The number of carbonyl (C=O) groups is 2. The number of nitrogens with zero attached hydrogens (tertiary/aromatic N) is 2. The summed E-state index contributed by atoms with van der Waals surface area (Å²) in [5, 5.41) is 14.8. The summed E-state index contributed by atoms with van der Waals surface area (Å²) in [5.74, 6) is -2.15. The summed E-state index contributed by atoms with van der Waals surface area (Å²) in [7, 11) is 1.18. The minimum Gasteiger partial charge on any atom is -0.496 e. The number of Topliss-reactive ketones (excluding diaryl/α,β-unsaturated/α-hetero) is 1. The highest BCUT2D eigenvalue weighted by atomic mass is 19.4. The van der Waals surface area contributed by atoms with Gasteiger partial charge in [-0.25, -0.2) is 0 Å². The van der Waals surface area contributed by atoms with Crippen LogP contribution in [0, 0.1) is 0 Å². The van der Waals surface area contributed by atoms with E-state index in [-0.39, 0.29) is 16.9 Å². The van der Waals surface area contributed by atoms with Crippen molar-refractivity contribution in [2.24, 2.45) is 16.0 Å². The summed E-state index contributed by atoms with van der Waals surface area (Å²) < 4.78 is 43.8. The minimum absolute atomic E-state index is 0.0640. The molecule has 1 aliphatic heterocycles. The second-order valence-electron chi connectivity index (χ2n) is 4.86. The first-order valence-corrected chi connectivity index (χ1v) is 6.33. The molecule has 7 nitrogen and oxygen atoms in total. The summed E-state index contributed by atoms with van der Waals surface area (Å²) in [5.41, 5.74) is 2.29. The van der Waals surface area contributed by atoms with Crippen LogP contribution >= 0.6 is 0 Å². The van der Waals surface area contributed by atoms with Gasteiger partial charge in [0.05, 0.1) is 12.7 Å². The summed E-state index contributed by atoms with van der Waals surface area (Å²) >= 11 is 0. The number of halogens is 3. The summed E-state index contributed by atoms with van der Waals surface area (Å²) in [6.45, 7) is 0. The SMILES string of the molecule is COc1cc(C2(C(F)(F)F)N=N2)ccc1C(=O)C[C@H](N)C(=O)O. The number of hydrogen-bond donors (Lipinski definition) is 2. The van der Waals surface area contributed by atoms with Crippen LogP contribution in [0.5, 0.6) is 5.75 Å². The average Bonchev–Trinajstić information content (AvgIpc) is 3.27. The molecule has 124 valence electrons. The Hall–Kier alpha value is -2.49. The highest BCUT2D eigenvalue weighted by Gasteiger charge is 2.65. The number of benzene rings is 1. The fourth-order valence-electron chi connectivity index (χ4n) is 1.98. The van der Waals surface area contributed by atoms with Crippen LogP contribution in [-0.2, 0) is 10.5 Å². The molecule has 23 heavy (non-hydrogen) atoms. The molecule has 0 aliphatic carbocycles. The molecule has 0 unspecified atom stereocenters. The van der Waals surface area contributed by atoms with Crippen LogP contribution in [-0.4, -0.2) is 36.2 Å². The molecular formula is C13H12F3N3O4. The maximum Gasteiger partial charge on any atom is 0.442 e. The van der Waals surface area contributed by atoms with E-state index in [4.69, 9.17) is 15.6 Å². The molecule has 1 aromatic rings. The second-order valence-corrected chi connectivity index (χ2v) is 4.86. The van der Waals surface area contributed by atoms with E-state index in [0.717, 1.165) is 18.2 Å². The third kappa shape index (κ3) is 3.02. The first-order valence-electron chi connectivity index (χ1n) is 6.33. The van der Waals surface area contributed by atoms with Crippen LogP contribution in [0.2, 0.25) is 0 Å². The fraction of sp³-hybridized carbons (Fsp3) is 0.385. The first-order chi connectivity index (χ1) is 10.6. The van der Waals surface area contributed by atoms with Crippen molar-refractivity contribution in [1.29, 1.82) is 0 Å². The lowest BCUT2D eigenvalue weighted by Gasteiger charge is -2.17. The zero-order chi connectivity index (χ0) is 17.4. The Morgan fingerprint density at radius 3 is 2.43 bits per heavy atom. The largest absolute Gasteiger partial charge is 0.496 e. The lowest BCUT2D eigenvalue weighted by atomic mass is 9.97. The van der Waals surface area contributed by atoms with Gasteiger partial charge in [0.1, 0.15) is 11.8 Å². The minimum atomic E-state index is -4.70. The van der Waals surface area contributed by atoms with Crippen molar-refractivity contribution in [3.05, 3.63) is 29.3 Å². The van der Waals surface area contributed by atoms with E-state index in [1.54, 1.807) is 0 Å². The van der Waals surface area contributed by atoms with Gasteiger partial charge in [-0.05, 0) is 12.1 Å². The predicted molar refractivity (Wildman–Crippen MR) is 70.1 cm³/mol. The Morgan fingerprint density at radius 2 is 2.00 bits per heavy atom. The Labute approximate surface area is 127 Å². The Balaban J connectivity index is 2.31. The van der Waals surface area contributed by atoms with Gasteiger partial charge in [0.2, 0.25) is 0 Å². The number of hydrogen-bond acceptors (Lipinski definition) is 6. The number of carboxylic acids is 1. The molecule has 0 bridgehead atoms. The topological polar surface area (TPSA) is 114 Å². The van der Waals surface area contributed by atoms with Gasteiger partial charge in [0.15, 0.2) is 5.78 Å². The maximum absolute atomic E-state index is 13.0. The molecule has 1 atom stereocenters. The van der Waals surface area contributed by atoms with Crippen LogP contribution in [0.25, 0.3) is 0 Å². The third-order valence-electron chi connectivity index (χ3n) is 3.32. The maximum atomic E-state index is 13.0. The second kappa shape index (κ2) is 5.61. The van der Waals surface area contributed by atoms with Crippen LogP contribution in [0.4, 0.5) is 13.2 Å². The van der Waals surface area contributed by atoms with Crippen molar-refractivity contribution >= 4 is 11.8 Å². The Kier molecular flexibility index (Phi) is 4.12. The summed E-state index contributed by atoms with van der Waals surface area (Å²) in [6.07, 6.45) is -5.21. The molecule has 0 radical (unpaired) electrons. The van der Waals surface area contributed by atoms with Crippen LogP contribution < -0.4 is 10.5 Å². The van der Waals surface area contributed by atoms with Crippen molar-refractivity contribution in [2.45, 2.75) is 24.3 Å². The number of alkyl halides is 3. The van der Waals surface area contributed by atoms with Crippen molar-refractivity contribution in [3.63, 3.8) is 0 Å². The summed E-state index contributed by atoms with van der Waals surface area (Å²) in [4.78, 5) is 22.7. The number of nitrogens with two attached hydrogens (primary N) is 1. The number of ether oxygens (including phenoxy) is 1.